The number of hydrogen-bond acceptors (Lipinski definition) is 1. The zero-order valence-electron chi connectivity index (χ0n) is 9.76. The Balaban J connectivity index is 2.39. The third-order valence-corrected chi connectivity index (χ3v) is 5.38. The summed E-state index contributed by atoms with van der Waals surface area (Å²) in [6.07, 6.45) is 0. The number of nitrogens with zero attached hydrogens (tertiary/aromatic N) is 1. The van der Waals surface area contributed by atoms with Crippen LogP contribution in [0, 0.1) is 0 Å². The van der Waals surface area contributed by atoms with Crippen molar-refractivity contribution < 1.29 is 0 Å². The van der Waals surface area contributed by atoms with Gasteiger partial charge in [-0.3, -0.25) is 4.79 Å². The van der Waals surface area contributed by atoms with Gasteiger partial charge in [-0.25, -0.2) is 0 Å². The third-order valence-electron chi connectivity index (χ3n) is 2.92. The summed E-state index contributed by atoms with van der Waals surface area (Å²) < 4.78 is 2.89. The van der Waals surface area contributed by atoms with Gasteiger partial charge in [0.05, 0.1) is 7.05 Å². The number of benzene rings is 2. The molecule has 3 aromatic rings. The zero-order valence-corrected chi connectivity index (χ0v) is 11.3. The minimum Gasteiger partial charge on any atom is -0.264 e. The Labute approximate surface area is 112 Å². The van der Waals surface area contributed by atoms with E-state index in [4.69, 9.17) is 11.6 Å². The first-order valence-corrected chi connectivity index (χ1v) is 7.11. The van der Waals surface area contributed by atoms with Gasteiger partial charge in [0.2, 0.25) is 9.60 Å². The lowest BCUT2D eigenvalue weighted by molar-refractivity contribution is 0.984. The number of aromatic nitrogens is 1. The van der Waals surface area contributed by atoms with Crippen molar-refractivity contribution in [3.8, 4) is 4.90 Å². The van der Waals surface area contributed by atoms with E-state index in [1.165, 1.54) is 0 Å². The molecule has 0 aliphatic rings. The molecule has 0 amide bonds. The van der Waals surface area contributed by atoms with Gasteiger partial charge in [0.15, 0.2) is 0 Å². The molecule has 0 radical (unpaired) electrons. The van der Waals surface area contributed by atoms with Gasteiger partial charge in [-0.2, -0.15) is 0 Å². The highest BCUT2D eigenvalue weighted by Gasteiger charge is 2.23. The van der Waals surface area contributed by atoms with Crippen LogP contribution < -0.4 is 5.56 Å². The van der Waals surface area contributed by atoms with E-state index in [-0.39, 0.29) is 16.2 Å². The second kappa shape index (κ2) is 4.26. The van der Waals surface area contributed by atoms with Crippen molar-refractivity contribution in [1.82, 2.24) is 3.96 Å². The molecule has 0 spiro atoms. The molecule has 1 unspecified atom stereocenters. The molecule has 0 aliphatic heterocycles. The molecule has 1 atom stereocenters. The van der Waals surface area contributed by atoms with Crippen molar-refractivity contribution in [3.63, 3.8) is 0 Å². The van der Waals surface area contributed by atoms with E-state index in [1.807, 2.05) is 55.6 Å². The number of halogens is 1. The van der Waals surface area contributed by atoms with Crippen LogP contribution in [0.25, 0.3) is 15.0 Å². The lowest BCUT2D eigenvalue weighted by Gasteiger charge is -1.93. The van der Waals surface area contributed by atoms with Crippen LogP contribution in [0.3, 0.4) is 0 Å². The predicted molar refractivity (Wildman–Crippen MR) is 78.0 cm³/mol. The Morgan fingerprint density at radius 2 is 1.72 bits per heavy atom. The van der Waals surface area contributed by atoms with Crippen LogP contribution in [0.1, 0.15) is 0 Å². The minimum atomic E-state index is -0.324. The van der Waals surface area contributed by atoms with E-state index in [2.05, 4.69) is 0 Å². The van der Waals surface area contributed by atoms with Crippen molar-refractivity contribution in [3.05, 3.63) is 63.9 Å². The first-order chi connectivity index (χ1) is 8.68. The Morgan fingerprint density at radius 1 is 1.06 bits per heavy atom. The standard InChI is InChI=1S/C14H11ClNOS/c1-16-14(17)12-4-2-3-5-13(12)18(16)11-8-6-10(15)7-9-11/h2-9H,1H3/q+1. The minimum absolute atomic E-state index is 0.0869. The maximum atomic E-state index is 12.2. The summed E-state index contributed by atoms with van der Waals surface area (Å²) in [5, 5.41) is 1.52. The van der Waals surface area contributed by atoms with Crippen molar-refractivity contribution in [1.29, 1.82) is 0 Å². The van der Waals surface area contributed by atoms with Crippen LogP contribution in [0.4, 0.5) is 0 Å². The fraction of sp³-hybridized carbons (Fsp3) is 0.0714. The zero-order chi connectivity index (χ0) is 12.7. The summed E-state index contributed by atoms with van der Waals surface area (Å²) in [4.78, 5) is 13.3. The second-order valence-corrected chi connectivity index (χ2v) is 6.50. The molecule has 18 heavy (non-hydrogen) atoms. The first-order valence-electron chi connectivity index (χ1n) is 5.55. The van der Waals surface area contributed by atoms with Gasteiger partial charge < -0.3 is 0 Å². The molecule has 2 aromatic carbocycles. The van der Waals surface area contributed by atoms with E-state index in [9.17, 15) is 4.79 Å². The first kappa shape index (κ1) is 11.5. The summed E-state index contributed by atoms with van der Waals surface area (Å²) in [6.45, 7) is 0. The fourth-order valence-electron chi connectivity index (χ4n) is 2.06. The van der Waals surface area contributed by atoms with Gasteiger partial charge in [-0.05, 0) is 18.2 Å². The summed E-state index contributed by atoms with van der Waals surface area (Å²) >= 11 is 5.91. The molecule has 4 heteroatoms. The van der Waals surface area contributed by atoms with Crippen LogP contribution in [0.15, 0.2) is 53.3 Å². The van der Waals surface area contributed by atoms with Gasteiger partial charge in [0.25, 0.3) is 0 Å². The highest BCUT2D eigenvalue weighted by molar-refractivity contribution is 7.41. The lowest BCUT2D eigenvalue weighted by atomic mass is 10.3. The van der Waals surface area contributed by atoms with Gasteiger partial charge in [-0.15, -0.1) is 3.96 Å². The van der Waals surface area contributed by atoms with Gasteiger partial charge in [0, 0.05) is 23.2 Å². The molecular weight excluding hydrogens is 266 g/mol. The SMILES string of the molecule is Cn1c(=O)c2ccccc2[s+]1-c1ccc(Cl)cc1. The van der Waals surface area contributed by atoms with Crippen LogP contribution >= 0.6 is 22.3 Å². The molecule has 0 saturated carbocycles. The van der Waals surface area contributed by atoms with E-state index >= 15 is 0 Å². The Bertz CT molecular complexity index is 771. The predicted octanol–water partition coefficient (Wildman–Crippen LogP) is 3.93. The van der Waals surface area contributed by atoms with E-state index < -0.39 is 0 Å². The van der Waals surface area contributed by atoms with Crippen molar-refractivity contribution >= 4 is 32.4 Å². The van der Waals surface area contributed by atoms with Crippen molar-refractivity contribution in [2.45, 2.75) is 0 Å². The van der Waals surface area contributed by atoms with Gasteiger partial charge >= 0.3 is 5.56 Å². The fourth-order valence-corrected chi connectivity index (χ4v) is 4.28. The maximum Gasteiger partial charge on any atom is 0.304 e. The van der Waals surface area contributed by atoms with Crippen LogP contribution in [0.2, 0.25) is 5.02 Å². The van der Waals surface area contributed by atoms with E-state index in [0.29, 0.717) is 5.02 Å². The average molecular weight is 277 g/mol. The quantitative estimate of drug-likeness (QED) is 0.617. The van der Waals surface area contributed by atoms with Gasteiger partial charge in [-0.1, -0.05) is 23.7 Å². The molecule has 0 fully saturated rings. The van der Waals surface area contributed by atoms with E-state index in [1.54, 1.807) is 3.96 Å². The topological polar surface area (TPSA) is 22.0 Å². The summed E-state index contributed by atoms with van der Waals surface area (Å²) in [5.41, 5.74) is 0.0869. The number of hydrogen-bond donors (Lipinski definition) is 0. The normalized spacial score (nSPS) is 12.0. The van der Waals surface area contributed by atoms with Crippen molar-refractivity contribution in [2.24, 2.45) is 7.05 Å². The lowest BCUT2D eigenvalue weighted by Crippen LogP contribution is -2.09. The smallest absolute Gasteiger partial charge is 0.264 e. The van der Waals surface area contributed by atoms with Crippen LogP contribution in [0.5, 0.6) is 0 Å². The summed E-state index contributed by atoms with van der Waals surface area (Å²) in [7, 11) is 1.52. The van der Waals surface area contributed by atoms with Gasteiger partial charge in [0.1, 0.15) is 16.1 Å². The number of rotatable bonds is 1. The molecule has 0 N–H and O–H groups in total. The molecule has 2 nitrogen and oxygen atoms in total. The molecule has 3 rings (SSSR count). The second-order valence-electron chi connectivity index (χ2n) is 4.04. The monoisotopic (exact) mass is 276 g/mol. The third kappa shape index (κ3) is 1.67. The maximum absolute atomic E-state index is 12.2. The van der Waals surface area contributed by atoms with Crippen molar-refractivity contribution in [2.75, 3.05) is 0 Å². The highest BCUT2D eigenvalue weighted by Crippen LogP contribution is 2.36. The number of fused-ring (bicyclic) bond motifs is 1. The van der Waals surface area contributed by atoms with Crippen LogP contribution in [-0.4, -0.2) is 3.96 Å². The molecular formula is C14H11ClNOS+. The largest absolute Gasteiger partial charge is 0.304 e. The Morgan fingerprint density at radius 3 is 2.44 bits per heavy atom. The average Bonchev–Trinajstić information content (AvgIpc) is 2.64. The molecule has 1 heterocycles. The molecule has 0 bridgehead atoms. The van der Waals surface area contributed by atoms with E-state index in [0.717, 1.165) is 15.0 Å². The Hall–Kier alpha value is -1.58. The summed E-state index contributed by atoms with van der Waals surface area (Å²) in [5.74, 6) is 0. The molecule has 0 aliphatic carbocycles. The Kier molecular flexibility index (Phi) is 2.73. The summed E-state index contributed by atoms with van der Waals surface area (Å²) in [6, 6.07) is 15.5. The molecule has 90 valence electrons. The highest BCUT2D eigenvalue weighted by atomic mass is 35.5. The molecule has 1 aromatic heterocycles. The van der Waals surface area contributed by atoms with Crippen LogP contribution in [-0.2, 0) is 7.05 Å². The molecule has 0 saturated heterocycles.